The first-order valence-electron chi connectivity index (χ1n) is 4.24. The molecule has 2 heterocycles. The van der Waals surface area contributed by atoms with Gasteiger partial charge in [0.1, 0.15) is 5.82 Å². The van der Waals surface area contributed by atoms with Crippen LogP contribution in [0.15, 0.2) is 24.5 Å². The van der Waals surface area contributed by atoms with Gasteiger partial charge in [-0.1, -0.05) is 0 Å². The summed E-state index contributed by atoms with van der Waals surface area (Å²) in [6.07, 6.45) is 3.45. The number of rotatable bonds is 2. The van der Waals surface area contributed by atoms with E-state index in [0.29, 0.717) is 5.69 Å². The fourth-order valence-electron chi connectivity index (χ4n) is 1.11. The fourth-order valence-corrected chi connectivity index (χ4v) is 1.11. The highest BCUT2D eigenvalue weighted by molar-refractivity contribution is 5.57. The van der Waals surface area contributed by atoms with Crippen LogP contribution in [0.1, 0.15) is 5.69 Å². The van der Waals surface area contributed by atoms with Gasteiger partial charge < -0.3 is 11.1 Å². The van der Waals surface area contributed by atoms with Gasteiger partial charge in [-0.2, -0.15) is 5.10 Å². The molecule has 4 N–H and O–H groups in total. The summed E-state index contributed by atoms with van der Waals surface area (Å²) in [5, 5.41) is 9.62. The van der Waals surface area contributed by atoms with Gasteiger partial charge in [-0.15, -0.1) is 0 Å². The third-order valence-electron chi connectivity index (χ3n) is 1.90. The summed E-state index contributed by atoms with van der Waals surface area (Å²) in [5.74, 6) is 0.762. The number of aromatic amines is 1. The lowest BCUT2D eigenvalue weighted by atomic mass is 10.3. The molecule has 0 fully saturated rings. The molecule has 2 rings (SSSR count). The molecule has 0 aliphatic carbocycles. The summed E-state index contributed by atoms with van der Waals surface area (Å²) in [4.78, 5) is 4.27. The van der Waals surface area contributed by atoms with Gasteiger partial charge in [-0.05, 0) is 19.1 Å². The zero-order chi connectivity index (χ0) is 9.97. The molecule has 0 aliphatic heterocycles. The molecule has 72 valence electrons. The number of nitrogen functional groups attached to an aromatic ring is 1. The lowest BCUT2D eigenvalue weighted by Crippen LogP contribution is -1.97. The number of aryl methyl sites for hydroxylation is 1. The van der Waals surface area contributed by atoms with Crippen LogP contribution in [0.4, 0.5) is 17.2 Å². The molecular formula is C9H11N5. The average Bonchev–Trinajstić information content (AvgIpc) is 2.64. The number of H-pyrrole nitrogens is 1. The standard InChI is InChI=1S/C9H11N5/c1-6-8(10)2-3-9(13-6)14-7-4-11-12-5-7/h2-5H,10H2,1H3,(H,11,12)(H,13,14). The molecule has 0 saturated heterocycles. The van der Waals surface area contributed by atoms with Crippen molar-refractivity contribution >= 4 is 17.2 Å². The minimum Gasteiger partial charge on any atom is -0.397 e. The maximum atomic E-state index is 5.65. The van der Waals surface area contributed by atoms with E-state index < -0.39 is 0 Å². The highest BCUT2D eigenvalue weighted by Crippen LogP contribution is 2.15. The third-order valence-corrected chi connectivity index (χ3v) is 1.90. The van der Waals surface area contributed by atoms with Gasteiger partial charge in [0.2, 0.25) is 0 Å². The maximum absolute atomic E-state index is 5.65. The molecule has 0 saturated carbocycles. The van der Waals surface area contributed by atoms with Crippen molar-refractivity contribution in [1.82, 2.24) is 15.2 Å². The average molecular weight is 189 g/mol. The number of hydrogen-bond donors (Lipinski definition) is 3. The van der Waals surface area contributed by atoms with E-state index in [0.717, 1.165) is 17.2 Å². The number of pyridine rings is 1. The highest BCUT2D eigenvalue weighted by Gasteiger charge is 1.99. The van der Waals surface area contributed by atoms with Gasteiger partial charge in [-0.3, -0.25) is 5.10 Å². The number of anilines is 3. The molecule has 0 radical (unpaired) electrons. The Bertz CT molecular complexity index is 421. The number of aromatic nitrogens is 3. The van der Waals surface area contributed by atoms with E-state index >= 15 is 0 Å². The van der Waals surface area contributed by atoms with Crippen LogP contribution in [0.5, 0.6) is 0 Å². The second kappa shape index (κ2) is 3.37. The molecule has 2 aromatic heterocycles. The van der Waals surface area contributed by atoms with Gasteiger partial charge in [-0.25, -0.2) is 4.98 Å². The quantitative estimate of drug-likeness (QED) is 0.667. The number of nitrogens with zero attached hydrogens (tertiary/aromatic N) is 2. The van der Waals surface area contributed by atoms with Crippen molar-refractivity contribution in [2.75, 3.05) is 11.1 Å². The third kappa shape index (κ3) is 1.66. The smallest absolute Gasteiger partial charge is 0.130 e. The van der Waals surface area contributed by atoms with Crippen molar-refractivity contribution in [3.05, 3.63) is 30.2 Å². The Hall–Kier alpha value is -2.04. The van der Waals surface area contributed by atoms with Crippen molar-refractivity contribution in [2.45, 2.75) is 6.92 Å². The van der Waals surface area contributed by atoms with Crippen molar-refractivity contribution in [3.8, 4) is 0 Å². The van der Waals surface area contributed by atoms with Crippen LogP contribution in [-0.4, -0.2) is 15.2 Å². The molecular weight excluding hydrogens is 178 g/mol. The Balaban J connectivity index is 2.22. The fraction of sp³-hybridized carbons (Fsp3) is 0.111. The summed E-state index contributed by atoms with van der Waals surface area (Å²) in [5.41, 5.74) is 8.04. The zero-order valence-electron chi connectivity index (χ0n) is 7.78. The number of nitrogens with two attached hydrogens (primary N) is 1. The minimum atomic E-state index is 0.697. The van der Waals surface area contributed by atoms with Crippen LogP contribution in [0.2, 0.25) is 0 Å². The first-order chi connectivity index (χ1) is 6.75. The van der Waals surface area contributed by atoms with Crippen LogP contribution >= 0.6 is 0 Å². The van der Waals surface area contributed by atoms with Crippen molar-refractivity contribution in [3.63, 3.8) is 0 Å². The maximum Gasteiger partial charge on any atom is 0.130 e. The van der Waals surface area contributed by atoms with E-state index in [-0.39, 0.29) is 0 Å². The van der Waals surface area contributed by atoms with Gasteiger partial charge in [0.25, 0.3) is 0 Å². The van der Waals surface area contributed by atoms with E-state index in [1.807, 2.05) is 19.1 Å². The molecule has 0 aliphatic rings. The largest absolute Gasteiger partial charge is 0.397 e. The molecule has 2 aromatic rings. The molecule has 0 amide bonds. The van der Waals surface area contributed by atoms with E-state index in [9.17, 15) is 0 Å². The summed E-state index contributed by atoms with van der Waals surface area (Å²) in [6, 6.07) is 3.65. The molecule has 0 unspecified atom stereocenters. The molecule has 0 atom stereocenters. The van der Waals surface area contributed by atoms with Crippen LogP contribution < -0.4 is 11.1 Å². The SMILES string of the molecule is Cc1nc(Nc2cn[nH]c2)ccc1N. The normalized spacial score (nSPS) is 10.1. The lowest BCUT2D eigenvalue weighted by molar-refractivity contribution is 1.09. The molecule has 0 bridgehead atoms. The summed E-state index contributed by atoms with van der Waals surface area (Å²) in [6.45, 7) is 1.87. The number of nitrogens with one attached hydrogen (secondary N) is 2. The highest BCUT2D eigenvalue weighted by atomic mass is 15.1. The molecule has 14 heavy (non-hydrogen) atoms. The predicted octanol–water partition coefficient (Wildman–Crippen LogP) is 1.44. The van der Waals surface area contributed by atoms with Crippen LogP contribution in [0.25, 0.3) is 0 Å². The minimum absolute atomic E-state index is 0.697. The Morgan fingerprint density at radius 1 is 1.43 bits per heavy atom. The molecule has 5 heteroatoms. The first-order valence-corrected chi connectivity index (χ1v) is 4.24. The van der Waals surface area contributed by atoms with E-state index in [1.54, 1.807) is 12.4 Å². The molecule has 0 aromatic carbocycles. The number of hydrogen-bond acceptors (Lipinski definition) is 4. The van der Waals surface area contributed by atoms with Crippen molar-refractivity contribution in [1.29, 1.82) is 0 Å². The van der Waals surface area contributed by atoms with Crippen molar-refractivity contribution < 1.29 is 0 Å². The van der Waals surface area contributed by atoms with Crippen LogP contribution in [0, 0.1) is 6.92 Å². The zero-order valence-corrected chi connectivity index (χ0v) is 7.78. The Morgan fingerprint density at radius 2 is 2.29 bits per heavy atom. The second-order valence-electron chi connectivity index (χ2n) is 2.98. The van der Waals surface area contributed by atoms with Gasteiger partial charge in [0, 0.05) is 6.20 Å². The first kappa shape index (κ1) is 8.55. The molecule has 5 nitrogen and oxygen atoms in total. The van der Waals surface area contributed by atoms with Crippen LogP contribution in [-0.2, 0) is 0 Å². The lowest BCUT2D eigenvalue weighted by Gasteiger charge is -2.04. The Labute approximate surface area is 81.4 Å². The predicted molar refractivity (Wildman–Crippen MR) is 55.3 cm³/mol. The monoisotopic (exact) mass is 189 g/mol. The van der Waals surface area contributed by atoms with Crippen LogP contribution in [0.3, 0.4) is 0 Å². The van der Waals surface area contributed by atoms with Gasteiger partial charge >= 0.3 is 0 Å². The topological polar surface area (TPSA) is 79.6 Å². The summed E-state index contributed by atoms with van der Waals surface area (Å²) >= 11 is 0. The van der Waals surface area contributed by atoms with E-state index in [4.69, 9.17) is 5.73 Å². The second-order valence-corrected chi connectivity index (χ2v) is 2.98. The summed E-state index contributed by atoms with van der Waals surface area (Å²) < 4.78 is 0. The van der Waals surface area contributed by atoms with Gasteiger partial charge in [0.15, 0.2) is 0 Å². The van der Waals surface area contributed by atoms with Gasteiger partial charge in [0.05, 0.1) is 23.3 Å². The Morgan fingerprint density at radius 3 is 2.93 bits per heavy atom. The molecule has 0 spiro atoms. The Kier molecular flexibility index (Phi) is 2.06. The summed E-state index contributed by atoms with van der Waals surface area (Å²) in [7, 11) is 0. The van der Waals surface area contributed by atoms with E-state index in [2.05, 4.69) is 20.5 Å². The van der Waals surface area contributed by atoms with Crippen molar-refractivity contribution in [2.24, 2.45) is 0 Å². The van der Waals surface area contributed by atoms with E-state index in [1.165, 1.54) is 0 Å².